The smallest absolute Gasteiger partial charge is 0.127 e. The topological polar surface area (TPSA) is 48.1 Å². The summed E-state index contributed by atoms with van der Waals surface area (Å²) in [5.41, 5.74) is 7.15. The van der Waals surface area contributed by atoms with Crippen LogP contribution in [0.5, 0.6) is 5.75 Å². The van der Waals surface area contributed by atoms with E-state index >= 15 is 0 Å². The predicted octanol–water partition coefficient (Wildman–Crippen LogP) is 2.30. The molecule has 2 aromatic rings. The van der Waals surface area contributed by atoms with Crippen LogP contribution in [0.2, 0.25) is 0 Å². The normalized spacial score (nSPS) is 10.3. The van der Waals surface area contributed by atoms with Gasteiger partial charge in [0.2, 0.25) is 0 Å². The third kappa shape index (κ3) is 3.53. The molecular formula is C14H15FN2O. The van der Waals surface area contributed by atoms with Gasteiger partial charge in [-0.15, -0.1) is 0 Å². The van der Waals surface area contributed by atoms with E-state index < -0.39 is 0 Å². The summed E-state index contributed by atoms with van der Waals surface area (Å²) in [4.78, 5) is 4.19. The molecule has 0 atom stereocenters. The van der Waals surface area contributed by atoms with Crippen molar-refractivity contribution >= 4 is 0 Å². The van der Waals surface area contributed by atoms with E-state index in [1.54, 1.807) is 12.3 Å². The lowest BCUT2D eigenvalue weighted by Gasteiger charge is -2.07. The third-order valence-electron chi connectivity index (χ3n) is 2.52. The maximum absolute atomic E-state index is 13.2. The molecule has 1 aromatic carbocycles. The molecule has 0 aliphatic rings. The van der Waals surface area contributed by atoms with Gasteiger partial charge in [0.05, 0.1) is 6.61 Å². The summed E-state index contributed by atoms with van der Waals surface area (Å²) in [7, 11) is 0. The van der Waals surface area contributed by atoms with Crippen LogP contribution >= 0.6 is 0 Å². The number of pyridine rings is 1. The Morgan fingerprint density at radius 2 is 2.11 bits per heavy atom. The summed E-state index contributed by atoms with van der Waals surface area (Å²) < 4.78 is 18.7. The van der Waals surface area contributed by atoms with E-state index in [-0.39, 0.29) is 5.82 Å². The maximum Gasteiger partial charge on any atom is 0.127 e. The first-order valence-electron chi connectivity index (χ1n) is 5.80. The molecule has 3 nitrogen and oxygen atoms in total. The zero-order valence-electron chi connectivity index (χ0n) is 9.97. The molecule has 1 heterocycles. The molecular weight excluding hydrogens is 231 g/mol. The highest BCUT2D eigenvalue weighted by atomic mass is 19.1. The highest BCUT2D eigenvalue weighted by Gasteiger charge is 2.01. The third-order valence-corrected chi connectivity index (χ3v) is 2.52. The number of aromatic nitrogens is 1. The Balaban J connectivity index is 1.92. The Kier molecular flexibility index (Phi) is 4.25. The summed E-state index contributed by atoms with van der Waals surface area (Å²) in [5, 5.41) is 0. The van der Waals surface area contributed by atoms with Crippen LogP contribution in [-0.2, 0) is 13.0 Å². The van der Waals surface area contributed by atoms with Crippen LogP contribution in [0.1, 0.15) is 11.3 Å². The van der Waals surface area contributed by atoms with Gasteiger partial charge in [0.15, 0.2) is 0 Å². The fourth-order valence-corrected chi connectivity index (χ4v) is 1.64. The molecule has 2 rings (SSSR count). The standard InChI is InChI=1S/C14H15FN2O/c15-12-7-11(10-16)8-14(9-12)18-6-4-13-3-1-2-5-17-13/h1-3,5,7-9H,4,6,10,16H2. The molecule has 0 aliphatic heterocycles. The van der Waals surface area contributed by atoms with E-state index in [4.69, 9.17) is 10.5 Å². The van der Waals surface area contributed by atoms with Crippen molar-refractivity contribution < 1.29 is 9.13 Å². The molecule has 18 heavy (non-hydrogen) atoms. The average molecular weight is 246 g/mol. The minimum atomic E-state index is -0.328. The zero-order valence-corrected chi connectivity index (χ0v) is 9.97. The highest BCUT2D eigenvalue weighted by molar-refractivity contribution is 5.29. The fraction of sp³-hybridized carbons (Fsp3) is 0.214. The molecule has 0 fully saturated rings. The predicted molar refractivity (Wildman–Crippen MR) is 67.7 cm³/mol. The molecule has 4 heteroatoms. The van der Waals surface area contributed by atoms with Gasteiger partial charge in [0.25, 0.3) is 0 Å². The van der Waals surface area contributed by atoms with Crippen molar-refractivity contribution in [3.8, 4) is 5.75 Å². The monoisotopic (exact) mass is 246 g/mol. The molecule has 0 unspecified atom stereocenters. The number of hydrogen-bond acceptors (Lipinski definition) is 3. The summed E-state index contributed by atoms with van der Waals surface area (Å²) in [6.07, 6.45) is 2.43. The summed E-state index contributed by atoms with van der Waals surface area (Å²) in [6, 6.07) is 10.2. The minimum Gasteiger partial charge on any atom is -0.493 e. The van der Waals surface area contributed by atoms with Gasteiger partial charge in [-0.25, -0.2) is 4.39 Å². The molecule has 0 saturated carbocycles. The van der Waals surface area contributed by atoms with Crippen LogP contribution in [-0.4, -0.2) is 11.6 Å². The van der Waals surface area contributed by atoms with Crippen LogP contribution in [0.3, 0.4) is 0 Å². The van der Waals surface area contributed by atoms with E-state index in [1.165, 1.54) is 12.1 Å². The molecule has 1 aromatic heterocycles. The summed E-state index contributed by atoms with van der Waals surface area (Å²) in [6.45, 7) is 0.763. The van der Waals surface area contributed by atoms with E-state index in [0.717, 1.165) is 11.3 Å². The lowest BCUT2D eigenvalue weighted by Crippen LogP contribution is -2.04. The largest absolute Gasteiger partial charge is 0.493 e. The van der Waals surface area contributed by atoms with Crippen molar-refractivity contribution in [3.05, 3.63) is 59.7 Å². The zero-order chi connectivity index (χ0) is 12.8. The summed E-state index contributed by atoms with van der Waals surface area (Å²) >= 11 is 0. The van der Waals surface area contributed by atoms with Gasteiger partial charge >= 0.3 is 0 Å². The van der Waals surface area contributed by atoms with E-state index in [9.17, 15) is 4.39 Å². The lowest BCUT2D eigenvalue weighted by atomic mass is 10.2. The van der Waals surface area contributed by atoms with E-state index in [2.05, 4.69) is 4.98 Å². The maximum atomic E-state index is 13.2. The number of hydrogen-bond donors (Lipinski definition) is 1. The van der Waals surface area contributed by atoms with E-state index in [1.807, 2.05) is 18.2 Å². The second kappa shape index (κ2) is 6.12. The van der Waals surface area contributed by atoms with Gasteiger partial charge in [-0.3, -0.25) is 4.98 Å². The number of nitrogens with zero attached hydrogens (tertiary/aromatic N) is 1. The fourth-order valence-electron chi connectivity index (χ4n) is 1.64. The van der Waals surface area contributed by atoms with Crippen LogP contribution in [0, 0.1) is 5.82 Å². The van der Waals surface area contributed by atoms with Crippen molar-refractivity contribution in [1.82, 2.24) is 4.98 Å². The Hall–Kier alpha value is -1.94. The van der Waals surface area contributed by atoms with E-state index in [0.29, 0.717) is 25.3 Å². The Morgan fingerprint density at radius 1 is 1.22 bits per heavy atom. The average Bonchev–Trinajstić information content (AvgIpc) is 2.39. The van der Waals surface area contributed by atoms with Gasteiger partial charge in [-0.05, 0) is 29.8 Å². The van der Waals surface area contributed by atoms with Crippen LogP contribution in [0.4, 0.5) is 4.39 Å². The highest BCUT2D eigenvalue weighted by Crippen LogP contribution is 2.16. The molecule has 94 valence electrons. The van der Waals surface area contributed by atoms with Crippen molar-refractivity contribution in [2.75, 3.05) is 6.61 Å². The van der Waals surface area contributed by atoms with Crippen LogP contribution in [0.15, 0.2) is 42.6 Å². The van der Waals surface area contributed by atoms with Crippen LogP contribution in [0.25, 0.3) is 0 Å². The number of halogens is 1. The van der Waals surface area contributed by atoms with Crippen LogP contribution < -0.4 is 10.5 Å². The van der Waals surface area contributed by atoms with Gasteiger partial charge in [-0.1, -0.05) is 6.07 Å². The first-order chi connectivity index (χ1) is 8.78. The lowest BCUT2D eigenvalue weighted by molar-refractivity contribution is 0.318. The molecule has 0 saturated heterocycles. The van der Waals surface area contributed by atoms with Crippen molar-refractivity contribution in [2.45, 2.75) is 13.0 Å². The molecule has 0 aliphatic carbocycles. The second-order valence-corrected chi connectivity index (χ2v) is 3.92. The Morgan fingerprint density at radius 3 is 2.83 bits per heavy atom. The van der Waals surface area contributed by atoms with Gasteiger partial charge < -0.3 is 10.5 Å². The molecule has 0 amide bonds. The molecule has 0 radical (unpaired) electrons. The first kappa shape index (κ1) is 12.5. The van der Waals surface area contributed by atoms with Gasteiger partial charge in [-0.2, -0.15) is 0 Å². The molecule has 0 bridgehead atoms. The number of nitrogens with two attached hydrogens (primary N) is 1. The van der Waals surface area contributed by atoms with Gasteiger partial charge in [0.1, 0.15) is 11.6 Å². The van der Waals surface area contributed by atoms with Gasteiger partial charge in [0, 0.05) is 30.9 Å². The minimum absolute atomic E-state index is 0.300. The SMILES string of the molecule is NCc1cc(F)cc(OCCc2ccccn2)c1. The van der Waals surface area contributed by atoms with Crippen molar-refractivity contribution in [2.24, 2.45) is 5.73 Å². The number of rotatable bonds is 5. The summed E-state index contributed by atoms with van der Waals surface area (Å²) in [5.74, 6) is 0.178. The van der Waals surface area contributed by atoms with Crippen molar-refractivity contribution in [3.63, 3.8) is 0 Å². The molecule has 2 N–H and O–H groups in total. The molecule has 0 spiro atoms. The second-order valence-electron chi connectivity index (χ2n) is 3.92. The quantitative estimate of drug-likeness (QED) is 0.880. The Labute approximate surface area is 105 Å². The van der Waals surface area contributed by atoms with Crippen molar-refractivity contribution in [1.29, 1.82) is 0 Å². The number of benzene rings is 1. The number of ether oxygens (including phenoxy) is 1. The first-order valence-corrected chi connectivity index (χ1v) is 5.80. The Bertz CT molecular complexity index is 502.